The molecule has 1 unspecified atom stereocenters. The Balaban J connectivity index is 2.04. The zero-order valence-corrected chi connectivity index (χ0v) is 14.1. The number of aromatic nitrogens is 2. The maximum Gasteiger partial charge on any atom is 0.471 e. The number of alkyl halides is 6. The van der Waals surface area contributed by atoms with Gasteiger partial charge >= 0.3 is 24.0 Å². The van der Waals surface area contributed by atoms with Crippen molar-refractivity contribution in [1.82, 2.24) is 20.1 Å². The molecule has 2 aromatic rings. The van der Waals surface area contributed by atoms with Gasteiger partial charge in [0.15, 0.2) is 11.9 Å². The number of amides is 1. The summed E-state index contributed by atoms with van der Waals surface area (Å²) in [7, 11) is 1.12. The molecule has 3 rings (SSSR count). The highest BCUT2D eigenvalue weighted by molar-refractivity contribution is 6.04. The zero-order chi connectivity index (χ0) is 21.6. The van der Waals surface area contributed by atoms with Crippen molar-refractivity contribution in [2.75, 3.05) is 7.05 Å². The van der Waals surface area contributed by atoms with Crippen LogP contribution in [0.5, 0.6) is 0 Å². The third kappa shape index (κ3) is 3.94. The van der Waals surface area contributed by atoms with Gasteiger partial charge in [-0.1, -0.05) is 21.4 Å². The molecule has 1 amide bonds. The Bertz CT molecular complexity index is 1020. The van der Waals surface area contributed by atoms with E-state index in [0.29, 0.717) is 15.7 Å². The van der Waals surface area contributed by atoms with Crippen LogP contribution in [0.4, 0.5) is 26.3 Å². The third-order valence-electron chi connectivity index (χ3n) is 3.68. The predicted molar refractivity (Wildman–Crippen MR) is 80.5 cm³/mol. The average Bonchev–Trinajstić information content (AvgIpc) is 3.16. The van der Waals surface area contributed by atoms with Crippen molar-refractivity contribution in [2.45, 2.75) is 18.5 Å². The highest BCUT2D eigenvalue weighted by atomic mass is 19.4. The van der Waals surface area contributed by atoms with E-state index in [1.807, 2.05) is 0 Å². The van der Waals surface area contributed by atoms with Gasteiger partial charge in [-0.3, -0.25) is 14.3 Å². The molecule has 0 bridgehead atoms. The Morgan fingerprint density at radius 3 is 2.52 bits per heavy atom. The lowest BCUT2D eigenvalue weighted by Gasteiger charge is -2.19. The maximum absolute atomic E-state index is 12.9. The molecular weight excluding hydrogens is 416 g/mol. The van der Waals surface area contributed by atoms with Crippen molar-refractivity contribution in [3.63, 3.8) is 0 Å². The number of hydrogen-bond acceptors (Lipinski definition) is 7. The number of hydroxylamine groups is 2. The standard InChI is InChI=1S/C14H9F6N5O4/c1-24-9(21-11(26)14(18,19)20)8(22-29-24)10-23-28-12(27)25(10)7-4-2-3-6(5-7)13(15,16)17/h2-5,9H,1H3,(H,21,26). The number of carbonyl (C=O) groups excluding carboxylic acids is 1. The van der Waals surface area contributed by atoms with Crippen molar-refractivity contribution < 1.29 is 40.6 Å². The number of benzene rings is 1. The summed E-state index contributed by atoms with van der Waals surface area (Å²) in [5, 5.41) is 9.05. The molecule has 15 heteroatoms. The van der Waals surface area contributed by atoms with Crippen molar-refractivity contribution in [3.05, 3.63) is 46.2 Å². The molecule has 0 saturated carbocycles. The number of rotatable bonds is 3. The first kappa shape index (κ1) is 20.4. The minimum absolute atomic E-state index is 0.348. The fraction of sp³-hybridized carbons (Fsp3) is 0.286. The van der Waals surface area contributed by atoms with Crippen LogP contribution in [0, 0.1) is 0 Å². The second-order valence-corrected chi connectivity index (χ2v) is 5.63. The Labute approximate surface area is 156 Å². The molecule has 0 fully saturated rings. The fourth-order valence-electron chi connectivity index (χ4n) is 2.37. The SMILES string of the molecule is CN1ON=C(c2noc(=O)n2-c2cccc(C(F)(F)F)c2)C1NC(=O)C(F)(F)F. The number of carbonyl (C=O) groups is 1. The molecule has 1 N–H and O–H groups in total. The maximum atomic E-state index is 12.9. The van der Waals surface area contributed by atoms with E-state index in [9.17, 15) is 35.9 Å². The lowest BCUT2D eigenvalue weighted by atomic mass is 10.2. The van der Waals surface area contributed by atoms with E-state index < -0.39 is 47.3 Å². The van der Waals surface area contributed by atoms with E-state index in [2.05, 4.69) is 19.8 Å². The zero-order valence-electron chi connectivity index (χ0n) is 14.1. The molecule has 1 aromatic heterocycles. The topological polar surface area (TPSA) is 102 Å². The summed E-state index contributed by atoms with van der Waals surface area (Å²) in [6.07, 6.45) is -11.6. The Hall–Kier alpha value is -3.36. The summed E-state index contributed by atoms with van der Waals surface area (Å²) < 4.78 is 81.5. The van der Waals surface area contributed by atoms with Crippen LogP contribution < -0.4 is 11.1 Å². The summed E-state index contributed by atoms with van der Waals surface area (Å²) in [5.41, 5.74) is -1.95. The van der Waals surface area contributed by atoms with Gasteiger partial charge in [-0.15, -0.1) is 0 Å². The Kier molecular flexibility index (Phi) is 4.86. The molecule has 1 aliphatic rings. The molecule has 0 aliphatic carbocycles. The van der Waals surface area contributed by atoms with E-state index in [1.165, 1.54) is 0 Å². The minimum Gasteiger partial charge on any atom is -0.324 e. The highest BCUT2D eigenvalue weighted by Crippen LogP contribution is 2.30. The van der Waals surface area contributed by atoms with Gasteiger partial charge in [0, 0.05) is 7.05 Å². The van der Waals surface area contributed by atoms with Crippen molar-refractivity contribution in [3.8, 4) is 5.69 Å². The van der Waals surface area contributed by atoms with Crippen molar-refractivity contribution in [2.24, 2.45) is 5.16 Å². The van der Waals surface area contributed by atoms with Crippen LogP contribution in [0.1, 0.15) is 11.4 Å². The quantitative estimate of drug-likeness (QED) is 0.747. The molecule has 0 spiro atoms. The van der Waals surface area contributed by atoms with Crippen molar-refractivity contribution >= 4 is 11.6 Å². The van der Waals surface area contributed by atoms with Crippen molar-refractivity contribution in [1.29, 1.82) is 0 Å². The number of halogens is 6. The van der Waals surface area contributed by atoms with Gasteiger partial charge < -0.3 is 5.32 Å². The minimum atomic E-state index is -5.24. The van der Waals surface area contributed by atoms with E-state index in [-0.39, 0.29) is 5.69 Å². The molecule has 1 aromatic carbocycles. The number of nitrogens with one attached hydrogen (secondary N) is 1. The summed E-state index contributed by atoms with van der Waals surface area (Å²) in [4.78, 5) is 27.9. The van der Waals surface area contributed by atoms with E-state index >= 15 is 0 Å². The van der Waals surface area contributed by atoms with E-state index in [1.54, 1.807) is 5.32 Å². The van der Waals surface area contributed by atoms with Gasteiger partial charge in [-0.2, -0.15) is 26.3 Å². The van der Waals surface area contributed by atoms with Crippen LogP contribution in [0.15, 0.2) is 38.7 Å². The molecule has 9 nitrogen and oxygen atoms in total. The van der Waals surface area contributed by atoms with Gasteiger partial charge in [0.1, 0.15) is 0 Å². The molecule has 156 valence electrons. The van der Waals surface area contributed by atoms with Gasteiger partial charge in [-0.25, -0.2) is 9.36 Å². The normalized spacial score (nSPS) is 17.8. The first-order chi connectivity index (χ1) is 13.4. The summed E-state index contributed by atoms with van der Waals surface area (Å²) in [6.45, 7) is 0. The summed E-state index contributed by atoms with van der Waals surface area (Å²) in [5.74, 6) is -4.15. The van der Waals surface area contributed by atoms with Gasteiger partial charge in [0.05, 0.1) is 11.3 Å². The second kappa shape index (κ2) is 6.91. The van der Waals surface area contributed by atoms with Gasteiger partial charge in [0.2, 0.25) is 5.82 Å². The Morgan fingerprint density at radius 2 is 1.90 bits per heavy atom. The average molecular weight is 425 g/mol. The number of likely N-dealkylation sites (N-methyl/N-ethyl adjacent to an activating group) is 1. The smallest absolute Gasteiger partial charge is 0.324 e. The first-order valence-electron chi connectivity index (χ1n) is 7.52. The molecule has 0 radical (unpaired) electrons. The fourth-order valence-corrected chi connectivity index (χ4v) is 2.37. The van der Waals surface area contributed by atoms with Crippen LogP contribution >= 0.6 is 0 Å². The lowest BCUT2D eigenvalue weighted by Crippen LogP contribution is -2.52. The molecule has 29 heavy (non-hydrogen) atoms. The summed E-state index contributed by atoms with van der Waals surface area (Å²) >= 11 is 0. The molecule has 0 saturated heterocycles. The highest BCUT2D eigenvalue weighted by Gasteiger charge is 2.44. The van der Waals surface area contributed by atoms with E-state index in [4.69, 9.17) is 0 Å². The van der Waals surface area contributed by atoms with Crippen LogP contribution in [0.25, 0.3) is 5.69 Å². The first-order valence-corrected chi connectivity index (χ1v) is 7.52. The number of nitrogens with zero attached hydrogens (tertiary/aromatic N) is 4. The predicted octanol–water partition coefficient (Wildman–Crippen LogP) is 1.43. The van der Waals surface area contributed by atoms with Gasteiger partial charge in [0.25, 0.3) is 0 Å². The molecule has 1 atom stereocenters. The molecule has 1 aliphatic heterocycles. The lowest BCUT2D eigenvalue weighted by molar-refractivity contribution is -0.181. The number of hydrogen-bond donors (Lipinski definition) is 1. The number of oxime groups is 1. The van der Waals surface area contributed by atoms with Crippen LogP contribution in [-0.4, -0.2) is 45.8 Å². The monoisotopic (exact) mass is 425 g/mol. The summed E-state index contributed by atoms with van der Waals surface area (Å²) in [6, 6.07) is 3.47. The van der Waals surface area contributed by atoms with Gasteiger partial charge in [-0.05, 0) is 18.2 Å². The molecular formula is C14H9F6N5O4. The van der Waals surface area contributed by atoms with Crippen LogP contribution in [0.2, 0.25) is 0 Å². The largest absolute Gasteiger partial charge is 0.471 e. The van der Waals surface area contributed by atoms with Crippen LogP contribution in [0.3, 0.4) is 0 Å². The second-order valence-electron chi connectivity index (χ2n) is 5.63. The van der Waals surface area contributed by atoms with E-state index in [0.717, 1.165) is 25.2 Å². The Morgan fingerprint density at radius 1 is 1.21 bits per heavy atom. The van der Waals surface area contributed by atoms with Crippen LogP contribution in [-0.2, 0) is 15.9 Å². The third-order valence-corrected chi connectivity index (χ3v) is 3.68. The molecule has 2 heterocycles.